The van der Waals surface area contributed by atoms with E-state index < -0.39 is 0 Å². The van der Waals surface area contributed by atoms with E-state index in [1.165, 1.54) is 38.5 Å². The molecule has 4 fully saturated rings. The minimum absolute atomic E-state index is 0.652. The maximum atomic E-state index is 3.96. The summed E-state index contributed by atoms with van der Waals surface area (Å²) in [5, 5.41) is 0. The monoisotopic (exact) mass is 342 g/mol. The van der Waals surface area contributed by atoms with Gasteiger partial charge in [-0.05, 0) is 111 Å². The Hall–Kier alpha value is -0.260. The van der Waals surface area contributed by atoms with Gasteiger partial charge in [-0.25, -0.2) is 0 Å². The molecule has 0 aliphatic heterocycles. The number of hydrogen-bond acceptors (Lipinski definition) is 0. The van der Waals surface area contributed by atoms with Gasteiger partial charge in [0.2, 0.25) is 0 Å². The second kappa shape index (κ2) is 6.72. The average Bonchev–Trinajstić information content (AvgIpc) is 2.96. The van der Waals surface area contributed by atoms with Gasteiger partial charge >= 0.3 is 0 Å². The molecule has 0 aromatic heterocycles. The van der Waals surface area contributed by atoms with Crippen LogP contribution in [0.2, 0.25) is 0 Å². The molecule has 0 heteroatoms. The van der Waals surface area contributed by atoms with Crippen molar-refractivity contribution in [1.82, 2.24) is 0 Å². The van der Waals surface area contributed by atoms with Crippen LogP contribution in [0.15, 0.2) is 12.7 Å². The quantitative estimate of drug-likeness (QED) is 0.460. The van der Waals surface area contributed by atoms with Gasteiger partial charge in [0.25, 0.3) is 0 Å². The van der Waals surface area contributed by atoms with Gasteiger partial charge in [-0.15, -0.1) is 6.58 Å². The molecule has 0 N–H and O–H groups in total. The molecular weight excluding hydrogens is 300 g/mol. The molecule has 25 heavy (non-hydrogen) atoms. The lowest BCUT2D eigenvalue weighted by Crippen LogP contribution is -2.53. The molecule has 0 spiro atoms. The topological polar surface area (TPSA) is 0 Å². The summed E-state index contributed by atoms with van der Waals surface area (Å²) in [5.41, 5.74) is 1.36. The Morgan fingerprint density at radius 2 is 1.72 bits per heavy atom. The number of allylic oxidation sites excluding steroid dienone is 1. The second-order valence-corrected chi connectivity index (χ2v) is 11.0. The van der Waals surface area contributed by atoms with Crippen molar-refractivity contribution in [2.75, 3.05) is 0 Å². The molecule has 4 saturated carbocycles. The summed E-state index contributed by atoms with van der Waals surface area (Å²) >= 11 is 0. The summed E-state index contributed by atoms with van der Waals surface area (Å²) in [5.74, 6) is 6.11. The third kappa shape index (κ3) is 2.76. The Labute approximate surface area is 157 Å². The molecule has 0 aromatic rings. The lowest BCUT2D eigenvalue weighted by atomic mass is 9.44. The van der Waals surface area contributed by atoms with Gasteiger partial charge in [0.1, 0.15) is 0 Å². The highest BCUT2D eigenvalue weighted by atomic mass is 14.6. The highest BCUT2D eigenvalue weighted by Gasteiger charge is 2.59. The molecule has 142 valence electrons. The van der Waals surface area contributed by atoms with Crippen LogP contribution in [0.4, 0.5) is 0 Å². The summed E-state index contributed by atoms with van der Waals surface area (Å²) in [6, 6.07) is 0. The molecule has 0 radical (unpaired) electrons. The van der Waals surface area contributed by atoms with E-state index in [2.05, 4.69) is 33.4 Å². The predicted molar refractivity (Wildman–Crippen MR) is 108 cm³/mol. The van der Waals surface area contributed by atoms with E-state index in [4.69, 9.17) is 0 Å². The van der Waals surface area contributed by atoms with E-state index in [0.29, 0.717) is 10.8 Å². The Morgan fingerprint density at radius 3 is 2.52 bits per heavy atom. The van der Waals surface area contributed by atoms with Crippen molar-refractivity contribution in [2.24, 2.45) is 46.3 Å². The van der Waals surface area contributed by atoms with Gasteiger partial charge in [0, 0.05) is 0 Å². The van der Waals surface area contributed by atoms with Crippen molar-refractivity contribution in [3.8, 4) is 0 Å². The fourth-order valence-electron chi connectivity index (χ4n) is 8.85. The summed E-state index contributed by atoms with van der Waals surface area (Å²) < 4.78 is 0. The standard InChI is InChI=1S/C25H42/c1-5-6-9-18(2)21-13-14-22-20-12-11-19-10-7-8-16-24(19,3)23(20)15-17-25(21,22)4/h5,18-23H,1,6-17H2,2-4H3/t18-,19?,20?,21?,22?,23?,24?,25?/m1/s1. The largest absolute Gasteiger partial charge is 0.103 e. The molecule has 4 aliphatic carbocycles. The fraction of sp³-hybridized carbons (Fsp3) is 0.920. The van der Waals surface area contributed by atoms with E-state index in [0.717, 1.165) is 35.5 Å². The van der Waals surface area contributed by atoms with Crippen LogP contribution < -0.4 is 0 Å². The molecule has 0 saturated heterocycles. The lowest BCUT2D eigenvalue weighted by molar-refractivity contribution is -0.114. The predicted octanol–water partition coefficient (Wildman–Crippen LogP) is 7.64. The Morgan fingerprint density at radius 1 is 0.920 bits per heavy atom. The highest BCUT2D eigenvalue weighted by molar-refractivity contribution is 5.09. The maximum Gasteiger partial charge on any atom is -0.0264 e. The number of fused-ring (bicyclic) bond motifs is 5. The van der Waals surface area contributed by atoms with Crippen LogP contribution in [0.5, 0.6) is 0 Å². The van der Waals surface area contributed by atoms with Crippen LogP contribution in [0.25, 0.3) is 0 Å². The van der Waals surface area contributed by atoms with Crippen molar-refractivity contribution in [2.45, 2.75) is 97.8 Å². The first-order valence-corrected chi connectivity index (χ1v) is 11.6. The van der Waals surface area contributed by atoms with Gasteiger partial charge in [0.15, 0.2) is 0 Å². The molecule has 8 atom stereocenters. The third-order valence-corrected chi connectivity index (χ3v) is 10.2. The summed E-state index contributed by atoms with van der Waals surface area (Å²) in [6.07, 6.45) is 20.1. The Bertz CT molecular complexity index is 492. The fourth-order valence-corrected chi connectivity index (χ4v) is 8.85. The third-order valence-electron chi connectivity index (χ3n) is 10.2. The molecule has 0 bridgehead atoms. The van der Waals surface area contributed by atoms with Crippen LogP contribution in [0.1, 0.15) is 97.8 Å². The smallest absolute Gasteiger partial charge is 0.0264 e. The van der Waals surface area contributed by atoms with Crippen LogP contribution >= 0.6 is 0 Å². The van der Waals surface area contributed by atoms with Crippen molar-refractivity contribution < 1.29 is 0 Å². The average molecular weight is 343 g/mol. The minimum Gasteiger partial charge on any atom is -0.103 e. The highest BCUT2D eigenvalue weighted by Crippen LogP contribution is 2.68. The van der Waals surface area contributed by atoms with E-state index in [9.17, 15) is 0 Å². The van der Waals surface area contributed by atoms with Gasteiger partial charge in [-0.1, -0.05) is 39.7 Å². The summed E-state index contributed by atoms with van der Waals surface area (Å²) in [7, 11) is 0. The molecule has 7 unspecified atom stereocenters. The normalized spacial score (nSPS) is 50.4. The van der Waals surface area contributed by atoms with Crippen molar-refractivity contribution in [3.63, 3.8) is 0 Å². The second-order valence-electron chi connectivity index (χ2n) is 11.0. The van der Waals surface area contributed by atoms with Crippen molar-refractivity contribution >= 4 is 0 Å². The van der Waals surface area contributed by atoms with E-state index in [1.54, 1.807) is 38.5 Å². The van der Waals surface area contributed by atoms with Crippen molar-refractivity contribution in [1.29, 1.82) is 0 Å². The molecule has 4 aliphatic rings. The van der Waals surface area contributed by atoms with E-state index in [-0.39, 0.29) is 0 Å². The lowest BCUT2D eigenvalue weighted by Gasteiger charge is -2.61. The molecule has 0 nitrogen and oxygen atoms in total. The first-order chi connectivity index (χ1) is 12.0. The van der Waals surface area contributed by atoms with Gasteiger partial charge in [0.05, 0.1) is 0 Å². The number of rotatable bonds is 4. The first-order valence-electron chi connectivity index (χ1n) is 11.6. The Balaban J connectivity index is 1.54. The zero-order chi connectivity index (χ0) is 17.7. The van der Waals surface area contributed by atoms with Crippen LogP contribution in [0, 0.1) is 46.3 Å². The van der Waals surface area contributed by atoms with Gasteiger partial charge < -0.3 is 0 Å². The van der Waals surface area contributed by atoms with Gasteiger partial charge in [-0.2, -0.15) is 0 Å². The first kappa shape index (κ1) is 18.1. The molecule has 4 rings (SSSR count). The zero-order valence-corrected chi connectivity index (χ0v) is 17.2. The van der Waals surface area contributed by atoms with Crippen LogP contribution in [-0.2, 0) is 0 Å². The summed E-state index contributed by atoms with van der Waals surface area (Å²) in [6.45, 7) is 11.9. The molecule has 0 aromatic carbocycles. The zero-order valence-electron chi connectivity index (χ0n) is 17.2. The molecule has 0 heterocycles. The molecular formula is C25H42. The summed E-state index contributed by atoms with van der Waals surface area (Å²) in [4.78, 5) is 0. The van der Waals surface area contributed by atoms with Crippen LogP contribution in [0.3, 0.4) is 0 Å². The van der Waals surface area contributed by atoms with E-state index in [1.807, 2.05) is 0 Å². The number of hydrogen-bond donors (Lipinski definition) is 0. The molecule has 0 amide bonds. The van der Waals surface area contributed by atoms with Crippen molar-refractivity contribution in [3.05, 3.63) is 12.7 Å². The maximum absolute atomic E-state index is 3.96. The van der Waals surface area contributed by atoms with Gasteiger partial charge in [-0.3, -0.25) is 0 Å². The Kier molecular flexibility index (Phi) is 4.87. The van der Waals surface area contributed by atoms with Crippen LogP contribution in [-0.4, -0.2) is 0 Å². The SMILES string of the molecule is C=CCC[C@@H](C)C1CCC2C3CCC4CCCCC4(C)C3CCC21C. The minimum atomic E-state index is 0.652. The van der Waals surface area contributed by atoms with E-state index >= 15 is 0 Å².